The number of likely N-dealkylation sites (tertiary alicyclic amines) is 1. The van der Waals surface area contributed by atoms with Crippen LogP contribution in [0.5, 0.6) is 0 Å². The molecule has 0 unspecified atom stereocenters. The van der Waals surface area contributed by atoms with Gasteiger partial charge in [-0.3, -0.25) is 4.79 Å². The molecule has 2 rings (SSSR count). The largest absolute Gasteiger partial charge is 0.343 e. The first-order chi connectivity index (χ1) is 10.5. The molecule has 1 saturated heterocycles. The summed E-state index contributed by atoms with van der Waals surface area (Å²) in [5, 5.41) is 4.01. The summed E-state index contributed by atoms with van der Waals surface area (Å²) in [5.41, 5.74) is 0. The van der Waals surface area contributed by atoms with Gasteiger partial charge in [-0.2, -0.15) is 4.98 Å². The van der Waals surface area contributed by atoms with E-state index in [-0.39, 0.29) is 0 Å². The van der Waals surface area contributed by atoms with Gasteiger partial charge in [-0.05, 0) is 31.1 Å². The van der Waals surface area contributed by atoms with Crippen molar-refractivity contribution in [3.8, 4) is 0 Å². The van der Waals surface area contributed by atoms with Crippen LogP contribution in [0.1, 0.15) is 45.4 Å². The van der Waals surface area contributed by atoms with Crippen molar-refractivity contribution >= 4 is 11.9 Å². The van der Waals surface area contributed by atoms with Crippen molar-refractivity contribution in [1.82, 2.24) is 15.0 Å². The third kappa shape index (κ3) is 4.71. The minimum Gasteiger partial charge on any atom is -0.343 e. The Kier molecular flexibility index (Phi) is 5.80. The summed E-state index contributed by atoms with van der Waals surface area (Å²) in [6.07, 6.45) is 4.76. The first kappa shape index (κ1) is 16.8. The summed E-state index contributed by atoms with van der Waals surface area (Å²) in [5.74, 6) is 2.18. The molecule has 6 nitrogen and oxygen atoms in total. The molecule has 0 atom stereocenters. The number of rotatable bonds is 6. The van der Waals surface area contributed by atoms with E-state index in [1.807, 2.05) is 23.9 Å². The zero-order valence-electron chi connectivity index (χ0n) is 14.2. The predicted octanol–water partition coefficient (Wildman–Crippen LogP) is 2.35. The molecule has 1 aromatic rings. The van der Waals surface area contributed by atoms with Crippen molar-refractivity contribution in [2.24, 2.45) is 11.8 Å². The van der Waals surface area contributed by atoms with E-state index in [4.69, 9.17) is 4.52 Å². The number of amides is 1. The maximum absolute atomic E-state index is 12.0. The van der Waals surface area contributed by atoms with E-state index in [1.54, 1.807) is 0 Å². The van der Waals surface area contributed by atoms with Crippen LogP contribution in [0.15, 0.2) is 4.52 Å². The van der Waals surface area contributed by atoms with Crippen LogP contribution in [-0.4, -0.2) is 48.1 Å². The lowest BCUT2D eigenvalue weighted by Crippen LogP contribution is -2.39. The van der Waals surface area contributed by atoms with Crippen molar-refractivity contribution in [3.05, 3.63) is 5.82 Å². The molecule has 0 N–H and O–H groups in total. The van der Waals surface area contributed by atoms with Gasteiger partial charge in [-0.25, -0.2) is 0 Å². The molecule has 0 radical (unpaired) electrons. The van der Waals surface area contributed by atoms with Gasteiger partial charge < -0.3 is 14.3 Å². The van der Waals surface area contributed by atoms with Gasteiger partial charge >= 0.3 is 6.01 Å². The van der Waals surface area contributed by atoms with E-state index < -0.39 is 0 Å². The third-order valence-corrected chi connectivity index (χ3v) is 4.17. The minimum atomic E-state index is 0.308. The van der Waals surface area contributed by atoms with Crippen LogP contribution in [0.25, 0.3) is 0 Å². The minimum absolute atomic E-state index is 0.308. The molecule has 0 aromatic carbocycles. The van der Waals surface area contributed by atoms with Crippen molar-refractivity contribution in [3.63, 3.8) is 0 Å². The van der Waals surface area contributed by atoms with Gasteiger partial charge in [0.05, 0.1) is 0 Å². The maximum atomic E-state index is 12.0. The molecule has 1 aliphatic heterocycles. The lowest BCUT2D eigenvalue weighted by atomic mass is 9.91. The first-order valence-corrected chi connectivity index (χ1v) is 8.23. The molecule has 6 heteroatoms. The van der Waals surface area contributed by atoms with Crippen LogP contribution in [0.2, 0.25) is 0 Å². The van der Waals surface area contributed by atoms with Crippen molar-refractivity contribution in [2.75, 3.05) is 32.1 Å². The molecule has 1 aromatic heterocycles. The molecule has 2 heterocycles. The van der Waals surface area contributed by atoms with Gasteiger partial charge in [0.15, 0.2) is 5.82 Å². The quantitative estimate of drug-likeness (QED) is 0.807. The highest BCUT2D eigenvalue weighted by Gasteiger charge is 2.23. The van der Waals surface area contributed by atoms with Crippen LogP contribution in [0, 0.1) is 11.8 Å². The molecular weight excluding hydrogens is 280 g/mol. The molecule has 124 valence electrons. The Labute approximate surface area is 132 Å². The molecular formula is C16H28N4O2. The highest BCUT2D eigenvalue weighted by Crippen LogP contribution is 2.23. The van der Waals surface area contributed by atoms with Gasteiger partial charge in [0, 0.05) is 40.0 Å². The fraction of sp³-hybridized carbons (Fsp3) is 0.812. The molecule has 22 heavy (non-hydrogen) atoms. The van der Waals surface area contributed by atoms with E-state index in [1.165, 1.54) is 0 Å². The smallest absolute Gasteiger partial charge is 0.323 e. The molecule has 1 amide bonds. The lowest BCUT2D eigenvalue weighted by molar-refractivity contribution is -0.133. The van der Waals surface area contributed by atoms with Gasteiger partial charge in [0.2, 0.25) is 5.91 Å². The average Bonchev–Trinajstić information content (AvgIpc) is 2.94. The van der Waals surface area contributed by atoms with Gasteiger partial charge in [0.25, 0.3) is 0 Å². The Bertz CT molecular complexity index is 476. The van der Waals surface area contributed by atoms with Crippen LogP contribution in [0.3, 0.4) is 0 Å². The molecule has 1 fully saturated rings. The number of piperidine rings is 1. The number of nitrogens with zero attached hydrogens (tertiary/aromatic N) is 4. The van der Waals surface area contributed by atoms with Gasteiger partial charge in [-0.15, -0.1) is 0 Å². The Hall–Kier alpha value is -1.59. The standard InChI is InChI=1S/C16H28N4O2/c1-12(2)11-15(21)20-9-7-13(8-10-20)5-6-14-17-16(19(3)4)22-18-14/h12-13H,5-11H2,1-4H3. The topological polar surface area (TPSA) is 62.5 Å². The Morgan fingerprint density at radius 2 is 2.05 bits per heavy atom. The van der Waals surface area contributed by atoms with Crippen molar-refractivity contribution in [1.29, 1.82) is 0 Å². The van der Waals surface area contributed by atoms with Crippen LogP contribution in [0.4, 0.5) is 6.01 Å². The fourth-order valence-corrected chi connectivity index (χ4v) is 2.81. The average molecular weight is 308 g/mol. The molecule has 0 aliphatic carbocycles. The van der Waals surface area contributed by atoms with Crippen LogP contribution < -0.4 is 4.90 Å². The van der Waals surface area contributed by atoms with Crippen LogP contribution >= 0.6 is 0 Å². The summed E-state index contributed by atoms with van der Waals surface area (Å²) >= 11 is 0. The maximum Gasteiger partial charge on any atom is 0.323 e. The van der Waals surface area contributed by atoms with Crippen molar-refractivity contribution in [2.45, 2.75) is 46.0 Å². The SMILES string of the molecule is CC(C)CC(=O)N1CCC(CCc2noc(N(C)C)n2)CC1. The molecule has 0 bridgehead atoms. The van der Waals surface area contributed by atoms with Gasteiger partial charge in [0.1, 0.15) is 0 Å². The second-order valence-corrected chi connectivity index (χ2v) is 6.85. The normalized spacial score (nSPS) is 16.3. The molecule has 0 spiro atoms. The van der Waals surface area contributed by atoms with E-state index in [9.17, 15) is 4.79 Å². The summed E-state index contributed by atoms with van der Waals surface area (Å²) < 4.78 is 5.16. The van der Waals surface area contributed by atoms with E-state index in [0.29, 0.717) is 30.2 Å². The first-order valence-electron chi connectivity index (χ1n) is 8.23. The summed E-state index contributed by atoms with van der Waals surface area (Å²) in [7, 11) is 3.78. The zero-order valence-corrected chi connectivity index (χ0v) is 14.2. The zero-order chi connectivity index (χ0) is 16.1. The number of aromatic nitrogens is 2. The number of aryl methyl sites for hydroxylation is 1. The second-order valence-electron chi connectivity index (χ2n) is 6.85. The third-order valence-electron chi connectivity index (χ3n) is 4.17. The lowest BCUT2D eigenvalue weighted by Gasteiger charge is -2.32. The van der Waals surface area contributed by atoms with E-state index in [2.05, 4.69) is 24.0 Å². The van der Waals surface area contributed by atoms with Crippen molar-refractivity contribution < 1.29 is 9.32 Å². The summed E-state index contributed by atoms with van der Waals surface area (Å²) in [4.78, 5) is 20.2. The highest BCUT2D eigenvalue weighted by molar-refractivity contribution is 5.76. The molecule has 0 saturated carbocycles. The fourth-order valence-electron chi connectivity index (χ4n) is 2.81. The van der Waals surface area contributed by atoms with E-state index >= 15 is 0 Å². The summed E-state index contributed by atoms with van der Waals surface area (Å²) in [6.45, 7) is 5.98. The Balaban J connectivity index is 1.72. The number of anilines is 1. The predicted molar refractivity (Wildman–Crippen MR) is 85.7 cm³/mol. The Morgan fingerprint density at radius 1 is 1.36 bits per heavy atom. The number of carbonyl (C=O) groups is 1. The van der Waals surface area contributed by atoms with Crippen LogP contribution in [-0.2, 0) is 11.2 Å². The molecule has 1 aliphatic rings. The number of carbonyl (C=O) groups excluding carboxylic acids is 1. The van der Waals surface area contributed by atoms with Gasteiger partial charge in [-0.1, -0.05) is 19.0 Å². The van der Waals surface area contributed by atoms with E-state index in [0.717, 1.165) is 44.6 Å². The highest BCUT2D eigenvalue weighted by atomic mass is 16.5. The summed E-state index contributed by atoms with van der Waals surface area (Å²) in [6, 6.07) is 0.559. The second kappa shape index (κ2) is 7.61. The Morgan fingerprint density at radius 3 is 2.59 bits per heavy atom. The number of hydrogen-bond donors (Lipinski definition) is 0. The number of hydrogen-bond acceptors (Lipinski definition) is 5. The monoisotopic (exact) mass is 308 g/mol.